The minimum Gasteiger partial charge on any atom is -0.444 e. The van der Waals surface area contributed by atoms with Gasteiger partial charge in [-0.25, -0.2) is 4.79 Å². The second-order valence-electron chi connectivity index (χ2n) is 6.25. The molecule has 0 aliphatic heterocycles. The third kappa shape index (κ3) is 4.36. The molecule has 0 heterocycles. The van der Waals surface area contributed by atoms with Gasteiger partial charge >= 0.3 is 6.09 Å². The first-order valence-electron chi connectivity index (χ1n) is 6.75. The maximum Gasteiger partial charge on any atom is 0.412 e. The molecule has 21 heavy (non-hydrogen) atoms. The first-order chi connectivity index (χ1) is 9.65. The summed E-state index contributed by atoms with van der Waals surface area (Å²) in [4.78, 5) is 22.9. The summed E-state index contributed by atoms with van der Waals surface area (Å²) in [6, 6.07) is 5.22. The molecular weight excluding hydrogens is 292 g/mol. The summed E-state index contributed by atoms with van der Waals surface area (Å²) in [5.41, 5.74) is 6.16. The normalized spacial score (nSPS) is 20.8. The second-order valence-corrected chi connectivity index (χ2v) is 6.69. The molecule has 2 amide bonds. The van der Waals surface area contributed by atoms with Crippen molar-refractivity contribution in [3.8, 4) is 0 Å². The van der Waals surface area contributed by atoms with Crippen molar-refractivity contribution in [2.75, 3.05) is 5.32 Å². The molecule has 0 spiro atoms. The van der Waals surface area contributed by atoms with Gasteiger partial charge in [-0.3, -0.25) is 10.1 Å². The Hall–Kier alpha value is -1.75. The van der Waals surface area contributed by atoms with Gasteiger partial charge in [0.15, 0.2) is 0 Å². The molecule has 1 aromatic carbocycles. The van der Waals surface area contributed by atoms with Crippen LogP contribution in [0.1, 0.15) is 38.7 Å². The van der Waals surface area contributed by atoms with Crippen molar-refractivity contribution in [1.29, 1.82) is 0 Å². The number of benzene rings is 1. The molecular formula is C15H19ClN2O3. The molecule has 0 saturated heterocycles. The number of halogens is 1. The molecule has 2 rings (SSSR count). The van der Waals surface area contributed by atoms with Gasteiger partial charge in [-0.1, -0.05) is 11.6 Å². The van der Waals surface area contributed by atoms with Gasteiger partial charge in [-0.2, -0.15) is 0 Å². The highest BCUT2D eigenvalue weighted by molar-refractivity contribution is 6.31. The van der Waals surface area contributed by atoms with Crippen LogP contribution in [0, 0.1) is 5.92 Å². The number of primary amides is 1. The van der Waals surface area contributed by atoms with Crippen LogP contribution in [0.4, 0.5) is 10.5 Å². The van der Waals surface area contributed by atoms with E-state index < -0.39 is 11.7 Å². The van der Waals surface area contributed by atoms with E-state index in [9.17, 15) is 9.59 Å². The average Bonchev–Trinajstić information content (AvgIpc) is 3.04. The highest BCUT2D eigenvalue weighted by Crippen LogP contribution is 2.48. The fourth-order valence-electron chi connectivity index (χ4n) is 2.20. The SMILES string of the molecule is CC(C)(C)OC(=O)Nc1cc(Cl)cc([C@H]2C[C@@H]2C(N)=O)c1. The Balaban J connectivity index is 2.09. The van der Waals surface area contributed by atoms with Gasteiger partial charge in [0, 0.05) is 16.6 Å². The summed E-state index contributed by atoms with van der Waals surface area (Å²) in [5.74, 6) is -0.361. The van der Waals surface area contributed by atoms with Crippen molar-refractivity contribution in [2.45, 2.75) is 38.7 Å². The molecule has 3 N–H and O–H groups in total. The number of nitrogens with one attached hydrogen (secondary N) is 1. The second kappa shape index (κ2) is 5.56. The molecule has 0 bridgehead atoms. The van der Waals surface area contributed by atoms with E-state index in [1.54, 1.807) is 39.0 Å². The number of hydrogen-bond donors (Lipinski definition) is 2. The Kier molecular flexibility index (Phi) is 4.14. The zero-order valence-corrected chi connectivity index (χ0v) is 13.0. The number of carbonyl (C=O) groups is 2. The van der Waals surface area contributed by atoms with Crippen LogP contribution in [0.15, 0.2) is 18.2 Å². The van der Waals surface area contributed by atoms with Gasteiger partial charge in [0.25, 0.3) is 0 Å². The van der Waals surface area contributed by atoms with E-state index >= 15 is 0 Å². The summed E-state index contributed by atoms with van der Waals surface area (Å²) in [6.07, 6.45) is 0.180. The van der Waals surface area contributed by atoms with Crippen LogP contribution in [0.25, 0.3) is 0 Å². The van der Waals surface area contributed by atoms with Crippen LogP contribution in [0.5, 0.6) is 0 Å². The largest absolute Gasteiger partial charge is 0.444 e. The number of nitrogens with two attached hydrogens (primary N) is 1. The number of amides is 2. The summed E-state index contributed by atoms with van der Waals surface area (Å²) in [7, 11) is 0. The molecule has 2 atom stereocenters. The maximum atomic E-state index is 11.8. The molecule has 1 saturated carbocycles. The fourth-order valence-corrected chi connectivity index (χ4v) is 2.44. The minimum absolute atomic E-state index is 0.0837. The summed E-state index contributed by atoms with van der Waals surface area (Å²) < 4.78 is 5.19. The minimum atomic E-state index is -0.570. The Morgan fingerprint density at radius 1 is 1.33 bits per heavy atom. The first-order valence-corrected chi connectivity index (χ1v) is 7.13. The Labute approximate surface area is 128 Å². The van der Waals surface area contributed by atoms with Crippen LogP contribution < -0.4 is 11.1 Å². The summed E-state index contributed by atoms with van der Waals surface area (Å²) in [5, 5.41) is 3.14. The zero-order valence-electron chi connectivity index (χ0n) is 12.3. The van der Waals surface area contributed by atoms with E-state index in [-0.39, 0.29) is 17.7 Å². The lowest BCUT2D eigenvalue weighted by Gasteiger charge is -2.20. The lowest BCUT2D eigenvalue weighted by Crippen LogP contribution is -2.27. The van der Waals surface area contributed by atoms with E-state index in [2.05, 4.69) is 5.32 Å². The molecule has 1 aliphatic rings. The van der Waals surface area contributed by atoms with Crippen molar-refractivity contribution in [2.24, 2.45) is 11.7 Å². The number of ether oxygens (including phenoxy) is 1. The molecule has 1 aromatic rings. The highest BCUT2D eigenvalue weighted by Gasteiger charge is 2.42. The van der Waals surface area contributed by atoms with E-state index in [0.717, 1.165) is 12.0 Å². The predicted molar refractivity (Wildman–Crippen MR) is 81.4 cm³/mol. The maximum absolute atomic E-state index is 11.8. The molecule has 0 unspecified atom stereocenters. The van der Waals surface area contributed by atoms with Crippen LogP contribution in [0.2, 0.25) is 5.02 Å². The third-order valence-corrected chi connectivity index (χ3v) is 3.37. The molecule has 6 heteroatoms. The number of carbonyl (C=O) groups excluding carboxylic acids is 2. The number of hydrogen-bond acceptors (Lipinski definition) is 3. The molecule has 1 aliphatic carbocycles. The van der Waals surface area contributed by atoms with E-state index in [0.29, 0.717) is 10.7 Å². The van der Waals surface area contributed by atoms with E-state index in [1.165, 1.54) is 0 Å². The lowest BCUT2D eigenvalue weighted by atomic mass is 10.1. The van der Waals surface area contributed by atoms with Crippen LogP contribution in [-0.2, 0) is 9.53 Å². The van der Waals surface area contributed by atoms with Gasteiger partial charge in [-0.05, 0) is 56.9 Å². The van der Waals surface area contributed by atoms with Gasteiger partial charge in [-0.15, -0.1) is 0 Å². The smallest absolute Gasteiger partial charge is 0.412 e. The molecule has 0 aromatic heterocycles. The van der Waals surface area contributed by atoms with E-state index in [4.69, 9.17) is 22.1 Å². The Morgan fingerprint density at radius 3 is 2.52 bits per heavy atom. The van der Waals surface area contributed by atoms with Crippen molar-refractivity contribution in [3.63, 3.8) is 0 Å². The standard InChI is InChI=1S/C15H19ClN2O3/c1-15(2,3)21-14(20)18-10-5-8(4-9(16)6-10)11-7-12(11)13(17)19/h4-6,11-12H,7H2,1-3H3,(H2,17,19)(H,18,20)/t11-,12+/m1/s1. The molecule has 0 radical (unpaired) electrons. The third-order valence-electron chi connectivity index (χ3n) is 3.15. The van der Waals surface area contributed by atoms with Crippen molar-refractivity contribution < 1.29 is 14.3 Å². The zero-order chi connectivity index (χ0) is 15.8. The van der Waals surface area contributed by atoms with E-state index in [1.807, 2.05) is 0 Å². The average molecular weight is 311 g/mol. The summed E-state index contributed by atoms with van der Waals surface area (Å²) >= 11 is 6.06. The lowest BCUT2D eigenvalue weighted by molar-refractivity contribution is -0.119. The predicted octanol–water partition coefficient (Wildman–Crippen LogP) is 3.28. The number of anilines is 1. The topological polar surface area (TPSA) is 81.4 Å². The quantitative estimate of drug-likeness (QED) is 0.899. The van der Waals surface area contributed by atoms with Crippen LogP contribution in [-0.4, -0.2) is 17.6 Å². The fraction of sp³-hybridized carbons (Fsp3) is 0.467. The van der Waals surface area contributed by atoms with Crippen LogP contribution >= 0.6 is 11.6 Å². The van der Waals surface area contributed by atoms with Gasteiger partial charge in [0.1, 0.15) is 5.60 Å². The first kappa shape index (κ1) is 15.6. The van der Waals surface area contributed by atoms with Crippen molar-refractivity contribution >= 4 is 29.3 Å². The van der Waals surface area contributed by atoms with Crippen LogP contribution in [0.3, 0.4) is 0 Å². The number of rotatable bonds is 3. The van der Waals surface area contributed by atoms with Crippen molar-refractivity contribution in [1.82, 2.24) is 0 Å². The highest BCUT2D eigenvalue weighted by atomic mass is 35.5. The molecule has 1 fully saturated rings. The van der Waals surface area contributed by atoms with Crippen molar-refractivity contribution in [3.05, 3.63) is 28.8 Å². The molecule has 5 nitrogen and oxygen atoms in total. The van der Waals surface area contributed by atoms with Gasteiger partial charge in [0.2, 0.25) is 5.91 Å². The Bertz CT molecular complexity index is 581. The van der Waals surface area contributed by atoms with Gasteiger partial charge < -0.3 is 10.5 Å². The summed E-state index contributed by atoms with van der Waals surface area (Å²) in [6.45, 7) is 5.37. The molecule has 114 valence electrons. The van der Waals surface area contributed by atoms with Gasteiger partial charge in [0.05, 0.1) is 0 Å². The Morgan fingerprint density at radius 2 is 2.00 bits per heavy atom. The monoisotopic (exact) mass is 310 g/mol.